The highest BCUT2D eigenvalue weighted by molar-refractivity contribution is 5.76. The molecule has 2 aliphatic heterocycles. The molecule has 0 atom stereocenters. The summed E-state index contributed by atoms with van der Waals surface area (Å²) in [5, 5.41) is 3.17. The molecule has 0 bridgehead atoms. The van der Waals surface area contributed by atoms with Gasteiger partial charge in [0.05, 0.1) is 39.4 Å². The number of carbonyl (C=O) groups is 1. The number of amides is 1. The van der Waals surface area contributed by atoms with Gasteiger partial charge in [0.15, 0.2) is 6.54 Å². The van der Waals surface area contributed by atoms with Crippen molar-refractivity contribution in [1.29, 1.82) is 0 Å². The predicted molar refractivity (Wildman–Crippen MR) is 122 cm³/mol. The number of hydrogen-bond acceptors (Lipinski definition) is 3. The smallest absolute Gasteiger partial charge is 0.275 e. The fourth-order valence-electron chi connectivity index (χ4n) is 4.65. The van der Waals surface area contributed by atoms with Crippen molar-refractivity contribution in [3.8, 4) is 0 Å². The lowest BCUT2D eigenvalue weighted by Crippen LogP contribution is -3.15. The van der Waals surface area contributed by atoms with Crippen molar-refractivity contribution in [3.05, 3.63) is 65.2 Å². The Kier molecular flexibility index (Phi) is 7.57. The number of anilines is 1. The molecular weight excluding hydrogens is 388 g/mol. The molecule has 2 saturated heterocycles. The Morgan fingerprint density at radius 3 is 2.35 bits per heavy atom. The molecule has 2 heterocycles. The highest BCUT2D eigenvalue weighted by atomic mass is 16.5. The highest BCUT2D eigenvalue weighted by Crippen LogP contribution is 2.18. The van der Waals surface area contributed by atoms with E-state index in [1.165, 1.54) is 27.3 Å². The van der Waals surface area contributed by atoms with Crippen LogP contribution in [0, 0.1) is 6.92 Å². The molecule has 3 N–H and O–H groups in total. The van der Waals surface area contributed by atoms with Gasteiger partial charge in [-0.1, -0.05) is 42.5 Å². The van der Waals surface area contributed by atoms with Crippen LogP contribution in [0.2, 0.25) is 0 Å². The van der Waals surface area contributed by atoms with Gasteiger partial charge in [-0.2, -0.15) is 0 Å². The molecule has 2 aromatic rings. The molecule has 6 heteroatoms. The number of benzene rings is 2. The summed E-state index contributed by atoms with van der Waals surface area (Å²) in [7, 11) is 0. The summed E-state index contributed by atoms with van der Waals surface area (Å²) >= 11 is 0. The van der Waals surface area contributed by atoms with Gasteiger partial charge in [-0.15, -0.1) is 0 Å². The van der Waals surface area contributed by atoms with E-state index < -0.39 is 0 Å². The van der Waals surface area contributed by atoms with E-state index in [1.54, 1.807) is 4.90 Å². The van der Waals surface area contributed by atoms with E-state index in [0.717, 1.165) is 59.0 Å². The number of aryl methyl sites for hydroxylation is 1. The summed E-state index contributed by atoms with van der Waals surface area (Å²) in [6.07, 6.45) is 0. The monoisotopic (exact) mass is 424 g/mol. The molecule has 2 fully saturated rings. The number of ether oxygens (including phenoxy) is 1. The largest absolute Gasteiger partial charge is 0.370 e. The van der Waals surface area contributed by atoms with Crippen molar-refractivity contribution in [2.75, 3.05) is 63.9 Å². The highest BCUT2D eigenvalue weighted by Gasteiger charge is 2.23. The average molecular weight is 425 g/mol. The lowest BCUT2D eigenvalue weighted by atomic mass is 10.1. The van der Waals surface area contributed by atoms with Gasteiger partial charge in [0.1, 0.15) is 19.6 Å². The zero-order chi connectivity index (χ0) is 21.5. The molecule has 0 aromatic heterocycles. The maximum Gasteiger partial charge on any atom is 0.275 e. The van der Waals surface area contributed by atoms with Gasteiger partial charge >= 0.3 is 0 Å². The molecule has 166 valence electrons. The third kappa shape index (κ3) is 6.06. The van der Waals surface area contributed by atoms with E-state index in [2.05, 4.69) is 65.7 Å². The zero-order valence-corrected chi connectivity index (χ0v) is 18.7. The van der Waals surface area contributed by atoms with Crippen molar-refractivity contribution in [3.63, 3.8) is 0 Å². The first kappa shape index (κ1) is 21.8. The molecule has 0 unspecified atom stereocenters. The summed E-state index contributed by atoms with van der Waals surface area (Å²) in [6, 6.07) is 17.1. The van der Waals surface area contributed by atoms with E-state index in [9.17, 15) is 4.79 Å². The predicted octanol–water partition coefficient (Wildman–Crippen LogP) is -0.569. The van der Waals surface area contributed by atoms with Crippen LogP contribution >= 0.6 is 0 Å². The van der Waals surface area contributed by atoms with Crippen LogP contribution in [-0.2, 0) is 22.6 Å². The summed E-state index contributed by atoms with van der Waals surface area (Å²) in [5.41, 5.74) is 5.21. The number of carbonyl (C=O) groups excluding carboxylic acids is 1. The van der Waals surface area contributed by atoms with Crippen LogP contribution in [0.5, 0.6) is 0 Å². The van der Waals surface area contributed by atoms with Crippen molar-refractivity contribution >= 4 is 11.6 Å². The maximum absolute atomic E-state index is 12.6. The number of nitrogens with zero attached hydrogens (tertiary/aromatic N) is 1. The minimum absolute atomic E-state index is 0.146. The van der Waals surface area contributed by atoms with Gasteiger partial charge in [0.25, 0.3) is 5.91 Å². The third-order valence-electron chi connectivity index (χ3n) is 6.57. The van der Waals surface area contributed by atoms with E-state index in [-0.39, 0.29) is 5.91 Å². The number of nitrogens with one attached hydrogen (secondary N) is 3. The minimum Gasteiger partial charge on any atom is -0.370 e. The Morgan fingerprint density at radius 2 is 1.61 bits per heavy atom. The van der Waals surface area contributed by atoms with E-state index in [0.29, 0.717) is 13.1 Å². The van der Waals surface area contributed by atoms with Gasteiger partial charge < -0.3 is 24.8 Å². The molecule has 0 radical (unpaired) electrons. The van der Waals surface area contributed by atoms with Crippen molar-refractivity contribution in [2.24, 2.45) is 0 Å². The van der Waals surface area contributed by atoms with Crippen LogP contribution in [0.1, 0.15) is 16.7 Å². The first-order valence-corrected chi connectivity index (χ1v) is 11.6. The zero-order valence-electron chi connectivity index (χ0n) is 18.7. The summed E-state index contributed by atoms with van der Waals surface area (Å²) < 4.78 is 5.47. The summed E-state index contributed by atoms with van der Waals surface area (Å²) in [4.78, 5) is 18.0. The number of piperazine rings is 1. The van der Waals surface area contributed by atoms with Crippen molar-refractivity contribution in [2.45, 2.75) is 20.0 Å². The topological polar surface area (TPSA) is 50.5 Å². The second-order valence-electron chi connectivity index (χ2n) is 8.78. The number of morpholine rings is 1. The molecule has 31 heavy (non-hydrogen) atoms. The lowest BCUT2D eigenvalue weighted by molar-refractivity contribution is -0.921. The second kappa shape index (κ2) is 10.8. The Balaban J connectivity index is 1.23. The standard InChI is InChI=1S/C25H34N4O2/c1-21-6-2-5-9-24(21)29-12-10-27(11-13-29)20-25(30)26-18-22-7-3-4-8-23(22)19-28-14-16-31-17-15-28/h2-9H,10-20H2,1H3,(H,26,30)/p+2. The maximum atomic E-state index is 12.6. The van der Waals surface area contributed by atoms with Gasteiger partial charge in [-0.05, 0) is 24.1 Å². The van der Waals surface area contributed by atoms with Crippen LogP contribution < -0.4 is 20.0 Å². The van der Waals surface area contributed by atoms with Crippen LogP contribution in [0.3, 0.4) is 0 Å². The quantitative estimate of drug-likeness (QED) is 0.558. The average Bonchev–Trinajstić information content (AvgIpc) is 2.80. The van der Waals surface area contributed by atoms with Gasteiger partial charge in [0.2, 0.25) is 0 Å². The van der Waals surface area contributed by atoms with E-state index in [4.69, 9.17) is 4.74 Å². The molecule has 0 saturated carbocycles. The second-order valence-corrected chi connectivity index (χ2v) is 8.78. The van der Waals surface area contributed by atoms with Crippen molar-refractivity contribution in [1.82, 2.24) is 5.32 Å². The number of quaternary nitrogens is 2. The number of hydrogen-bond donors (Lipinski definition) is 3. The van der Waals surface area contributed by atoms with Crippen LogP contribution in [0.25, 0.3) is 0 Å². The molecule has 2 aromatic carbocycles. The number of rotatable bonds is 7. The van der Waals surface area contributed by atoms with Crippen LogP contribution in [-0.4, -0.2) is 64.9 Å². The van der Waals surface area contributed by atoms with Gasteiger partial charge in [-0.3, -0.25) is 4.79 Å². The minimum atomic E-state index is 0.146. The van der Waals surface area contributed by atoms with E-state index in [1.807, 2.05) is 0 Å². The lowest BCUT2D eigenvalue weighted by Gasteiger charge is -2.34. The van der Waals surface area contributed by atoms with Crippen LogP contribution in [0.15, 0.2) is 48.5 Å². The van der Waals surface area contributed by atoms with E-state index >= 15 is 0 Å². The first-order valence-electron chi connectivity index (χ1n) is 11.6. The molecule has 0 spiro atoms. The Morgan fingerprint density at radius 1 is 0.935 bits per heavy atom. The summed E-state index contributed by atoms with van der Waals surface area (Å²) in [5.74, 6) is 0.146. The number of para-hydroxylation sites is 1. The summed E-state index contributed by atoms with van der Waals surface area (Å²) in [6.45, 7) is 12.1. The normalized spacial score (nSPS) is 18.2. The SMILES string of the molecule is Cc1ccccc1N1CC[NH+](CC(=O)NCc2ccccc2C[NH+]2CCOCC2)CC1. The Labute approximate surface area is 185 Å². The first-order chi connectivity index (χ1) is 15.2. The van der Waals surface area contributed by atoms with Crippen molar-refractivity contribution < 1.29 is 19.3 Å². The Hall–Kier alpha value is -2.41. The third-order valence-corrected chi connectivity index (χ3v) is 6.57. The molecule has 1 amide bonds. The molecule has 0 aliphatic carbocycles. The molecule has 6 nitrogen and oxygen atoms in total. The fourth-order valence-corrected chi connectivity index (χ4v) is 4.65. The van der Waals surface area contributed by atoms with Gasteiger partial charge in [0, 0.05) is 17.8 Å². The molecular formula is C25H36N4O2+2. The molecule has 2 aliphatic rings. The van der Waals surface area contributed by atoms with Crippen LogP contribution in [0.4, 0.5) is 5.69 Å². The molecule has 4 rings (SSSR count). The fraction of sp³-hybridized carbons (Fsp3) is 0.480. The van der Waals surface area contributed by atoms with Gasteiger partial charge in [-0.25, -0.2) is 0 Å². The Bertz CT molecular complexity index is 858.